The second-order valence-corrected chi connectivity index (χ2v) is 9.34. The summed E-state index contributed by atoms with van der Waals surface area (Å²) in [6.45, 7) is 21.4. The Bertz CT molecular complexity index is 560. The number of benzene rings is 1. The number of rotatable bonds is 1. The second-order valence-electron chi connectivity index (χ2n) is 4.59. The van der Waals surface area contributed by atoms with Crippen molar-refractivity contribution < 1.29 is 40.6 Å². The fraction of sp³-hybridized carbons (Fsp3) is 0.250. The Morgan fingerprint density at radius 1 is 1.04 bits per heavy atom. The smallest absolute Gasteiger partial charge is 0 e. The average Bonchev–Trinajstić information content (AvgIpc) is 2.51. The van der Waals surface area contributed by atoms with Crippen LogP contribution in [0.4, 0.5) is 0 Å². The fourth-order valence-electron chi connectivity index (χ4n) is 1.07. The third kappa shape index (κ3) is 18.2. The summed E-state index contributed by atoms with van der Waals surface area (Å²) in [7, 11) is -1.40. The van der Waals surface area contributed by atoms with E-state index in [4.69, 9.17) is 18.7 Å². The number of ether oxygens (including phenoxy) is 1. The Kier molecular flexibility index (Phi) is 23.2. The van der Waals surface area contributed by atoms with Crippen LogP contribution in [0, 0.1) is 31.4 Å². The van der Waals surface area contributed by atoms with Gasteiger partial charge in [-0.15, -0.1) is 5.54 Å². The molecule has 7 heteroatoms. The van der Waals surface area contributed by atoms with Crippen molar-refractivity contribution in [2.45, 2.75) is 26.6 Å². The Morgan fingerprint density at radius 2 is 1.48 bits per heavy atom. The van der Waals surface area contributed by atoms with E-state index in [1.165, 1.54) is 6.92 Å². The molecule has 23 heavy (non-hydrogen) atoms. The Labute approximate surface area is 148 Å². The predicted molar refractivity (Wildman–Crippen MR) is 79.8 cm³/mol. The number of carbonyl (C=O) groups excluding carboxylic acids is 1. The van der Waals surface area contributed by atoms with Gasteiger partial charge in [-0.05, 0) is 12.1 Å². The molecule has 0 atom stereocenters. The van der Waals surface area contributed by atoms with E-state index < -0.39 is 8.07 Å². The molecule has 0 aliphatic heterocycles. The largest absolute Gasteiger partial charge is 0 e. The summed E-state index contributed by atoms with van der Waals surface area (Å²) in [4.78, 5) is 10.9. The van der Waals surface area contributed by atoms with E-state index in [2.05, 4.69) is 51.1 Å². The zero-order chi connectivity index (χ0) is 18.2. The van der Waals surface area contributed by atoms with Crippen LogP contribution in [0.5, 0.6) is 5.75 Å². The van der Waals surface area contributed by atoms with Crippen LogP contribution in [-0.4, -0.2) is 14.0 Å². The van der Waals surface area contributed by atoms with Crippen LogP contribution >= 0.6 is 0 Å². The van der Waals surface area contributed by atoms with Crippen molar-refractivity contribution in [3.63, 3.8) is 0 Å². The normalized spacial score (nSPS) is 7.39. The van der Waals surface area contributed by atoms with Gasteiger partial charge in [0.25, 0.3) is 0 Å². The van der Waals surface area contributed by atoms with E-state index in [0.717, 1.165) is 5.56 Å². The van der Waals surface area contributed by atoms with E-state index >= 15 is 0 Å². The Balaban J connectivity index is -0.000000231. The number of hydrogen-bond acceptors (Lipinski definition) is 2. The summed E-state index contributed by atoms with van der Waals surface area (Å²) >= 11 is 0. The van der Waals surface area contributed by atoms with Crippen LogP contribution in [0.15, 0.2) is 24.3 Å². The minimum absolute atomic E-state index is 0. The van der Waals surface area contributed by atoms with Gasteiger partial charge >= 0.3 is 39.9 Å². The second kappa shape index (κ2) is 18.3. The molecule has 0 radical (unpaired) electrons. The van der Waals surface area contributed by atoms with Gasteiger partial charge in [-0.25, -0.2) is 0 Å². The summed E-state index contributed by atoms with van der Waals surface area (Å²) in [5.74, 6) is 3.32. The predicted octanol–water partition coefficient (Wildman–Crippen LogP) is 2.73. The van der Waals surface area contributed by atoms with Crippen molar-refractivity contribution in [2.75, 3.05) is 0 Å². The Hall–Kier alpha value is -1.79. The minimum Gasteiger partial charge on any atom is 0 e. The van der Waals surface area contributed by atoms with E-state index in [9.17, 15) is 4.79 Å². The molecule has 1 rings (SSSR count). The first-order valence-electron chi connectivity index (χ1n) is 5.80. The first kappa shape index (κ1) is 29.2. The van der Waals surface area contributed by atoms with Gasteiger partial charge in [0.15, 0.2) is 0 Å². The molecule has 1 aromatic carbocycles. The van der Waals surface area contributed by atoms with Gasteiger partial charge in [0.05, 0.1) is 5.56 Å². The average molecular weight is 372 g/mol. The summed E-state index contributed by atoms with van der Waals surface area (Å²) < 4.78 is 27.6. The van der Waals surface area contributed by atoms with Crippen LogP contribution in [0.1, 0.15) is 12.5 Å². The molecule has 0 aliphatic rings. The molecule has 0 unspecified atom stereocenters. The van der Waals surface area contributed by atoms with Gasteiger partial charge in [0, 0.05) is 24.0 Å². The molecular formula is C16H16FeO5Si. The van der Waals surface area contributed by atoms with Crippen molar-refractivity contribution >= 4 is 14.0 Å². The van der Waals surface area contributed by atoms with Crippen LogP contribution in [0.3, 0.4) is 0 Å². The van der Waals surface area contributed by atoms with Crippen LogP contribution in [0.25, 0.3) is 0 Å². The molecule has 0 spiro atoms. The van der Waals surface area contributed by atoms with Crippen LogP contribution in [0.2, 0.25) is 19.6 Å². The van der Waals surface area contributed by atoms with Crippen molar-refractivity contribution in [3.8, 4) is 17.2 Å². The molecular weight excluding hydrogens is 356 g/mol. The van der Waals surface area contributed by atoms with Gasteiger partial charge in [-0.3, -0.25) is 4.79 Å². The van der Waals surface area contributed by atoms with E-state index in [1.807, 2.05) is 18.2 Å². The van der Waals surface area contributed by atoms with E-state index in [0.29, 0.717) is 5.75 Å². The van der Waals surface area contributed by atoms with Crippen molar-refractivity contribution in [1.82, 2.24) is 0 Å². The molecule has 0 fully saturated rings. The summed E-state index contributed by atoms with van der Waals surface area (Å²) in [6.07, 6.45) is 0. The monoisotopic (exact) mass is 372 g/mol. The first-order chi connectivity index (χ1) is 10.4. The number of esters is 1. The maximum absolute atomic E-state index is 10.9. The minimum atomic E-state index is -1.40. The zero-order valence-corrected chi connectivity index (χ0v) is 15.3. The fourth-order valence-corrected chi connectivity index (χ4v) is 1.58. The SMILES string of the molecule is CC(=O)Oc1ccccc1C#C[Si](C)(C)C.[C-]#[O+].[C-]#[O+].[C-]#[O+].[Fe]. The summed E-state index contributed by atoms with van der Waals surface area (Å²) in [5.41, 5.74) is 4.03. The molecule has 0 saturated carbocycles. The van der Waals surface area contributed by atoms with Gasteiger partial charge in [-0.2, -0.15) is 0 Å². The first-order valence-corrected chi connectivity index (χ1v) is 9.30. The number of carbonyl (C=O) groups is 1. The van der Waals surface area contributed by atoms with Crippen molar-refractivity contribution in [1.29, 1.82) is 0 Å². The van der Waals surface area contributed by atoms with E-state index in [-0.39, 0.29) is 23.0 Å². The summed E-state index contributed by atoms with van der Waals surface area (Å²) in [5, 5.41) is 0. The molecule has 0 aromatic heterocycles. The van der Waals surface area contributed by atoms with Crippen molar-refractivity contribution in [3.05, 3.63) is 49.8 Å². The van der Waals surface area contributed by atoms with Crippen LogP contribution in [-0.2, 0) is 35.8 Å². The molecule has 0 amide bonds. The maximum atomic E-state index is 10.9. The molecule has 5 nitrogen and oxygen atoms in total. The molecule has 1 aromatic rings. The van der Waals surface area contributed by atoms with E-state index in [1.54, 1.807) is 6.07 Å². The molecule has 0 heterocycles. The molecule has 0 saturated heterocycles. The van der Waals surface area contributed by atoms with Gasteiger partial charge in [0.1, 0.15) is 13.8 Å². The van der Waals surface area contributed by atoms with Gasteiger partial charge in [-0.1, -0.05) is 37.7 Å². The molecule has 0 aliphatic carbocycles. The standard InChI is InChI=1S/C13H16O2Si.3CO.Fe/c1-11(14)15-13-8-6-5-7-12(13)9-10-16(2,3)4;3*1-2;/h5-8H,1-4H3;;;;. The summed E-state index contributed by atoms with van der Waals surface area (Å²) in [6, 6.07) is 7.35. The third-order valence-corrected chi connectivity index (χ3v) is 2.59. The maximum Gasteiger partial charge on any atom is 0 e. The van der Waals surface area contributed by atoms with Crippen LogP contribution < -0.4 is 4.74 Å². The van der Waals surface area contributed by atoms with Crippen molar-refractivity contribution in [2.24, 2.45) is 0 Å². The Morgan fingerprint density at radius 3 is 1.87 bits per heavy atom. The quantitative estimate of drug-likeness (QED) is 0.190. The molecule has 122 valence electrons. The van der Waals surface area contributed by atoms with Gasteiger partial charge < -0.3 is 4.74 Å². The van der Waals surface area contributed by atoms with Gasteiger partial charge in [0.2, 0.25) is 0 Å². The topological polar surface area (TPSA) is 86.0 Å². The zero-order valence-electron chi connectivity index (χ0n) is 13.2. The molecule has 0 bridgehead atoms. The third-order valence-electron chi connectivity index (χ3n) is 1.71. The number of hydrogen-bond donors (Lipinski definition) is 0. The number of para-hydroxylation sites is 1. The molecule has 0 N–H and O–H groups in total.